The number of aliphatic hydroxyl groups excluding tert-OH is 1. The minimum absolute atomic E-state index is 0.375. The molecule has 2 aliphatic carbocycles. The summed E-state index contributed by atoms with van der Waals surface area (Å²) in [5.74, 6) is 3.14. The molecule has 2 aliphatic rings. The van der Waals surface area contributed by atoms with E-state index >= 15 is 0 Å². The lowest BCUT2D eigenvalue weighted by Gasteiger charge is -2.52. The van der Waals surface area contributed by atoms with Crippen LogP contribution in [0, 0.1) is 29.1 Å². The van der Waals surface area contributed by atoms with Gasteiger partial charge in [-0.05, 0) is 54.8 Å². The molecule has 0 bridgehead atoms. The topological polar surface area (TPSA) is 20.2 Å². The van der Waals surface area contributed by atoms with E-state index in [2.05, 4.69) is 20.8 Å². The first-order valence-electron chi connectivity index (χ1n) is 7.18. The Labute approximate surface area is 101 Å². The molecule has 0 saturated heterocycles. The van der Waals surface area contributed by atoms with Crippen molar-refractivity contribution in [1.82, 2.24) is 0 Å². The Morgan fingerprint density at radius 1 is 1.25 bits per heavy atom. The van der Waals surface area contributed by atoms with Crippen LogP contribution in [0.2, 0.25) is 0 Å². The quantitative estimate of drug-likeness (QED) is 0.755. The van der Waals surface area contributed by atoms with Gasteiger partial charge >= 0.3 is 0 Å². The number of rotatable bonds is 2. The van der Waals surface area contributed by atoms with Gasteiger partial charge in [-0.25, -0.2) is 0 Å². The summed E-state index contributed by atoms with van der Waals surface area (Å²) in [7, 11) is 0. The lowest BCUT2D eigenvalue weighted by molar-refractivity contribution is -0.0306. The highest BCUT2D eigenvalue weighted by atomic mass is 16.3. The van der Waals surface area contributed by atoms with Gasteiger partial charge in [0.2, 0.25) is 0 Å². The van der Waals surface area contributed by atoms with E-state index in [1.165, 1.54) is 38.5 Å². The first kappa shape index (κ1) is 12.4. The molecule has 2 saturated carbocycles. The second-order valence-electron chi connectivity index (χ2n) is 6.74. The van der Waals surface area contributed by atoms with E-state index in [0.717, 1.165) is 17.8 Å². The molecule has 0 aromatic rings. The van der Waals surface area contributed by atoms with E-state index in [0.29, 0.717) is 17.9 Å². The summed E-state index contributed by atoms with van der Waals surface area (Å²) >= 11 is 0. The third-order valence-corrected chi connectivity index (χ3v) is 5.93. The number of hydrogen-bond donors (Lipinski definition) is 1. The van der Waals surface area contributed by atoms with Crippen molar-refractivity contribution in [2.24, 2.45) is 29.1 Å². The molecule has 0 aliphatic heterocycles. The summed E-state index contributed by atoms with van der Waals surface area (Å²) in [6.07, 6.45) is 8.46. The van der Waals surface area contributed by atoms with Crippen LogP contribution in [-0.4, -0.2) is 11.7 Å². The standard InChI is InChI=1S/C15H28O/c1-11(10-16)13-7-8-14-6-4-5-12(2)15(14,3)9-13/h11-14,16H,4-10H2,1-3H3/t11?,12-,13-,14-,15+/m1/s1. The van der Waals surface area contributed by atoms with Crippen molar-refractivity contribution >= 4 is 0 Å². The summed E-state index contributed by atoms with van der Waals surface area (Å²) in [4.78, 5) is 0. The largest absolute Gasteiger partial charge is 0.396 e. The highest BCUT2D eigenvalue weighted by molar-refractivity contribution is 4.96. The molecular formula is C15H28O. The van der Waals surface area contributed by atoms with Crippen molar-refractivity contribution in [3.8, 4) is 0 Å². The highest BCUT2D eigenvalue weighted by Gasteiger charge is 2.46. The van der Waals surface area contributed by atoms with Gasteiger partial charge in [-0.2, -0.15) is 0 Å². The fraction of sp³-hybridized carbons (Fsp3) is 1.00. The van der Waals surface area contributed by atoms with E-state index in [1.807, 2.05) is 0 Å². The van der Waals surface area contributed by atoms with Crippen LogP contribution in [0.1, 0.15) is 59.3 Å². The van der Waals surface area contributed by atoms with Gasteiger partial charge in [0, 0.05) is 6.61 Å². The van der Waals surface area contributed by atoms with E-state index in [-0.39, 0.29) is 0 Å². The third kappa shape index (κ3) is 2.03. The van der Waals surface area contributed by atoms with Crippen LogP contribution in [0.3, 0.4) is 0 Å². The fourth-order valence-corrected chi connectivity index (χ4v) is 4.29. The van der Waals surface area contributed by atoms with Crippen LogP contribution in [0.25, 0.3) is 0 Å². The van der Waals surface area contributed by atoms with Crippen LogP contribution in [0.5, 0.6) is 0 Å². The summed E-state index contributed by atoms with van der Waals surface area (Å²) in [6, 6.07) is 0. The molecule has 1 N–H and O–H groups in total. The van der Waals surface area contributed by atoms with Gasteiger partial charge in [0.05, 0.1) is 0 Å². The zero-order valence-corrected chi connectivity index (χ0v) is 11.2. The highest BCUT2D eigenvalue weighted by Crippen LogP contribution is 2.55. The Bertz CT molecular complexity index is 238. The Hall–Kier alpha value is -0.0400. The molecule has 2 rings (SSSR count). The molecule has 1 unspecified atom stereocenters. The van der Waals surface area contributed by atoms with Gasteiger partial charge < -0.3 is 5.11 Å². The van der Waals surface area contributed by atoms with Crippen molar-refractivity contribution in [2.45, 2.75) is 59.3 Å². The number of fused-ring (bicyclic) bond motifs is 1. The van der Waals surface area contributed by atoms with Crippen molar-refractivity contribution in [3.63, 3.8) is 0 Å². The monoisotopic (exact) mass is 224 g/mol. The second kappa shape index (κ2) is 4.68. The van der Waals surface area contributed by atoms with Crippen LogP contribution in [0.4, 0.5) is 0 Å². The molecule has 94 valence electrons. The predicted molar refractivity (Wildman–Crippen MR) is 68.2 cm³/mol. The Kier molecular flexibility index (Phi) is 3.63. The molecular weight excluding hydrogens is 196 g/mol. The normalized spacial score (nSPS) is 46.1. The Morgan fingerprint density at radius 3 is 2.69 bits per heavy atom. The van der Waals surface area contributed by atoms with Crippen molar-refractivity contribution in [2.75, 3.05) is 6.61 Å². The average Bonchev–Trinajstić information content (AvgIpc) is 2.29. The third-order valence-electron chi connectivity index (χ3n) is 5.93. The van der Waals surface area contributed by atoms with E-state index < -0.39 is 0 Å². The minimum atomic E-state index is 0.375. The summed E-state index contributed by atoms with van der Waals surface area (Å²) in [5.41, 5.74) is 0.574. The maximum absolute atomic E-state index is 9.33. The predicted octanol–water partition coefficient (Wildman–Crippen LogP) is 3.86. The summed E-state index contributed by atoms with van der Waals surface area (Å²) in [5, 5.41) is 9.33. The van der Waals surface area contributed by atoms with Gasteiger partial charge in [0.15, 0.2) is 0 Å². The van der Waals surface area contributed by atoms with Crippen molar-refractivity contribution in [1.29, 1.82) is 0 Å². The fourth-order valence-electron chi connectivity index (χ4n) is 4.29. The summed E-state index contributed by atoms with van der Waals surface area (Å²) < 4.78 is 0. The average molecular weight is 224 g/mol. The molecule has 2 fully saturated rings. The zero-order valence-electron chi connectivity index (χ0n) is 11.2. The maximum atomic E-state index is 9.33. The first-order valence-corrected chi connectivity index (χ1v) is 7.18. The maximum Gasteiger partial charge on any atom is 0.0459 e. The lowest BCUT2D eigenvalue weighted by atomic mass is 9.53. The van der Waals surface area contributed by atoms with Crippen LogP contribution in [-0.2, 0) is 0 Å². The molecule has 0 amide bonds. The SMILES string of the molecule is CC(CO)[C@@H]1CC[C@H]2CCC[C@@H](C)[C@]2(C)C1. The molecule has 0 radical (unpaired) electrons. The molecule has 0 heterocycles. The number of hydrogen-bond acceptors (Lipinski definition) is 1. The van der Waals surface area contributed by atoms with Gasteiger partial charge in [-0.1, -0.05) is 33.6 Å². The minimum Gasteiger partial charge on any atom is -0.396 e. The van der Waals surface area contributed by atoms with Gasteiger partial charge in [0.1, 0.15) is 0 Å². The molecule has 5 atom stereocenters. The molecule has 0 aromatic heterocycles. The lowest BCUT2D eigenvalue weighted by Crippen LogP contribution is -2.43. The van der Waals surface area contributed by atoms with E-state index in [1.54, 1.807) is 0 Å². The Balaban J connectivity index is 2.08. The van der Waals surface area contributed by atoms with Crippen LogP contribution >= 0.6 is 0 Å². The van der Waals surface area contributed by atoms with E-state index in [4.69, 9.17) is 0 Å². The van der Waals surface area contributed by atoms with Crippen molar-refractivity contribution < 1.29 is 5.11 Å². The molecule has 1 heteroatoms. The van der Waals surface area contributed by atoms with Gasteiger partial charge in [-0.15, -0.1) is 0 Å². The van der Waals surface area contributed by atoms with Gasteiger partial charge in [0.25, 0.3) is 0 Å². The van der Waals surface area contributed by atoms with Crippen LogP contribution < -0.4 is 0 Å². The molecule has 1 nitrogen and oxygen atoms in total. The zero-order chi connectivity index (χ0) is 11.8. The Morgan fingerprint density at radius 2 is 2.00 bits per heavy atom. The van der Waals surface area contributed by atoms with Crippen LogP contribution in [0.15, 0.2) is 0 Å². The first-order chi connectivity index (χ1) is 7.58. The number of aliphatic hydroxyl groups is 1. The smallest absolute Gasteiger partial charge is 0.0459 e. The summed E-state index contributed by atoms with van der Waals surface area (Å²) in [6.45, 7) is 7.58. The molecule has 0 aromatic carbocycles. The van der Waals surface area contributed by atoms with Crippen molar-refractivity contribution in [3.05, 3.63) is 0 Å². The second-order valence-corrected chi connectivity index (χ2v) is 6.74. The van der Waals surface area contributed by atoms with E-state index in [9.17, 15) is 5.11 Å². The van der Waals surface area contributed by atoms with Gasteiger partial charge in [-0.3, -0.25) is 0 Å². The molecule has 0 spiro atoms. The molecule has 16 heavy (non-hydrogen) atoms.